The minimum Gasteiger partial charge on any atom is -0.195 e. The molecule has 0 spiro atoms. The van der Waals surface area contributed by atoms with Crippen molar-refractivity contribution in [3.8, 4) is 0 Å². The van der Waals surface area contributed by atoms with Crippen molar-refractivity contribution >= 4 is 28.0 Å². The van der Waals surface area contributed by atoms with Gasteiger partial charge in [0.25, 0.3) is 0 Å². The van der Waals surface area contributed by atoms with Crippen LogP contribution >= 0.6 is 0 Å². The predicted octanol–water partition coefficient (Wildman–Crippen LogP) is 1.30. The number of rotatable bonds is 4. The van der Waals surface area contributed by atoms with Crippen LogP contribution < -0.4 is 51.4 Å². The zero-order chi connectivity index (χ0) is 20.4. The molecule has 0 saturated carbocycles. The third kappa shape index (κ3) is 4.21. The molecule has 0 amide bonds. The summed E-state index contributed by atoms with van der Waals surface area (Å²) >= 11 is 0. The summed E-state index contributed by atoms with van der Waals surface area (Å²) < 4.78 is 0. The molecule has 0 aromatic heterocycles. The van der Waals surface area contributed by atoms with Gasteiger partial charge in [-0.2, -0.15) is 21.9 Å². The topological polar surface area (TPSA) is 0 Å². The van der Waals surface area contributed by atoms with E-state index < -0.39 is 6.15 Å². The SMILES string of the molecule is Cc1ccc([B-](c2ccc(C)cc2)(c2ccc(C)cc2)c2ccc(C)cc2)cc1.[Na+]. The molecule has 0 bridgehead atoms. The van der Waals surface area contributed by atoms with E-state index in [-0.39, 0.29) is 29.6 Å². The van der Waals surface area contributed by atoms with Gasteiger partial charge in [0.05, 0.1) is 0 Å². The van der Waals surface area contributed by atoms with Crippen LogP contribution in [0.25, 0.3) is 0 Å². The smallest absolute Gasteiger partial charge is 0.195 e. The molecule has 30 heavy (non-hydrogen) atoms. The van der Waals surface area contributed by atoms with Crippen molar-refractivity contribution in [2.75, 3.05) is 0 Å². The average molecular weight is 398 g/mol. The van der Waals surface area contributed by atoms with Crippen LogP contribution in [0.2, 0.25) is 0 Å². The molecule has 0 unspecified atom stereocenters. The zero-order valence-corrected chi connectivity index (χ0v) is 20.8. The number of benzene rings is 4. The van der Waals surface area contributed by atoms with E-state index in [4.69, 9.17) is 0 Å². The van der Waals surface area contributed by atoms with Gasteiger partial charge in [0.1, 0.15) is 6.15 Å². The molecule has 0 aliphatic rings. The van der Waals surface area contributed by atoms with Gasteiger partial charge in [0, 0.05) is 0 Å². The Hall–Kier alpha value is -2.06. The van der Waals surface area contributed by atoms with E-state index in [2.05, 4.69) is 125 Å². The maximum absolute atomic E-state index is 2.31. The first-order valence-corrected chi connectivity index (χ1v) is 10.4. The van der Waals surface area contributed by atoms with Gasteiger partial charge in [-0.3, -0.25) is 0 Å². The van der Waals surface area contributed by atoms with Gasteiger partial charge >= 0.3 is 29.6 Å². The summed E-state index contributed by atoms with van der Waals surface area (Å²) in [6.07, 6.45) is -1.27. The molecular formula is C28H28BNa. The van der Waals surface area contributed by atoms with Gasteiger partial charge in [0.2, 0.25) is 0 Å². The Morgan fingerprint density at radius 3 is 0.667 bits per heavy atom. The van der Waals surface area contributed by atoms with E-state index in [0.717, 1.165) is 0 Å². The summed E-state index contributed by atoms with van der Waals surface area (Å²) in [5, 5.41) is 0. The van der Waals surface area contributed by atoms with Crippen molar-refractivity contribution in [1.82, 2.24) is 0 Å². The van der Waals surface area contributed by atoms with E-state index in [1.807, 2.05) is 0 Å². The maximum Gasteiger partial charge on any atom is 1.00 e. The second-order valence-electron chi connectivity index (χ2n) is 8.51. The number of aryl methyl sites for hydroxylation is 4. The van der Waals surface area contributed by atoms with Crippen LogP contribution in [0, 0.1) is 27.7 Å². The molecule has 0 radical (unpaired) electrons. The van der Waals surface area contributed by atoms with Gasteiger partial charge < -0.3 is 0 Å². The number of hydrogen-bond acceptors (Lipinski definition) is 0. The van der Waals surface area contributed by atoms with Gasteiger partial charge in [-0.15, -0.1) is 0 Å². The van der Waals surface area contributed by atoms with Gasteiger partial charge in [0.15, 0.2) is 0 Å². The minimum atomic E-state index is -1.27. The molecule has 0 aliphatic carbocycles. The molecule has 0 N–H and O–H groups in total. The van der Waals surface area contributed by atoms with Crippen LogP contribution in [0.4, 0.5) is 0 Å². The largest absolute Gasteiger partial charge is 1.00 e. The Kier molecular flexibility index (Phi) is 7.08. The second-order valence-corrected chi connectivity index (χ2v) is 8.51. The zero-order valence-electron chi connectivity index (χ0n) is 18.8. The van der Waals surface area contributed by atoms with Crippen molar-refractivity contribution in [2.45, 2.75) is 27.7 Å². The van der Waals surface area contributed by atoms with Crippen molar-refractivity contribution in [3.63, 3.8) is 0 Å². The first-order valence-electron chi connectivity index (χ1n) is 10.4. The summed E-state index contributed by atoms with van der Waals surface area (Å²) in [7, 11) is 0. The second kappa shape index (κ2) is 9.39. The third-order valence-electron chi connectivity index (χ3n) is 6.31. The molecule has 0 atom stereocenters. The molecule has 0 saturated heterocycles. The van der Waals surface area contributed by atoms with Crippen molar-refractivity contribution in [2.24, 2.45) is 0 Å². The summed E-state index contributed by atoms with van der Waals surface area (Å²) in [5.74, 6) is 0. The molecule has 2 heteroatoms. The minimum absolute atomic E-state index is 0. The van der Waals surface area contributed by atoms with Crippen molar-refractivity contribution in [1.29, 1.82) is 0 Å². The van der Waals surface area contributed by atoms with Crippen LogP contribution in [0.15, 0.2) is 97.1 Å². The first-order chi connectivity index (χ1) is 14.0. The Labute approximate surface area is 203 Å². The molecule has 0 aliphatic heterocycles. The Morgan fingerprint density at radius 2 is 0.500 bits per heavy atom. The summed E-state index contributed by atoms with van der Waals surface area (Å²) in [5.41, 5.74) is 10.6. The normalized spacial score (nSPS) is 11.1. The van der Waals surface area contributed by atoms with Crippen LogP contribution in [-0.2, 0) is 0 Å². The molecule has 0 fully saturated rings. The maximum atomic E-state index is 2.31. The average Bonchev–Trinajstić information content (AvgIpc) is 2.73. The van der Waals surface area contributed by atoms with Gasteiger partial charge in [-0.05, 0) is 27.7 Å². The van der Waals surface area contributed by atoms with Crippen LogP contribution in [0.3, 0.4) is 0 Å². The summed E-state index contributed by atoms with van der Waals surface area (Å²) in [4.78, 5) is 0. The van der Waals surface area contributed by atoms with Crippen LogP contribution in [0.5, 0.6) is 0 Å². The molecule has 4 aromatic rings. The van der Waals surface area contributed by atoms with E-state index in [1.54, 1.807) is 0 Å². The Morgan fingerprint density at radius 1 is 0.333 bits per heavy atom. The standard InChI is InChI=1S/C28H28B.Na/c1-21-5-13-25(14-6-21)29(26-15-7-22(2)8-16-26,27-17-9-23(3)10-18-27)28-19-11-24(4)12-20-28;/h5-20H,1-4H3;/q-1;+1. The predicted molar refractivity (Wildman–Crippen MR) is 129 cm³/mol. The molecular weight excluding hydrogens is 370 g/mol. The molecule has 4 aromatic carbocycles. The molecule has 4 rings (SSSR count). The molecule has 0 heterocycles. The number of hydrogen-bond donors (Lipinski definition) is 0. The molecule has 144 valence electrons. The fourth-order valence-electron chi connectivity index (χ4n) is 4.58. The third-order valence-corrected chi connectivity index (χ3v) is 6.31. The van der Waals surface area contributed by atoms with E-state index >= 15 is 0 Å². The summed E-state index contributed by atoms with van der Waals surface area (Å²) in [6.45, 7) is 8.62. The van der Waals surface area contributed by atoms with Crippen LogP contribution in [-0.4, -0.2) is 6.15 Å². The van der Waals surface area contributed by atoms with Gasteiger partial charge in [-0.25, -0.2) is 0 Å². The Bertz CT molecular complexity index is 906. The van der Waals surface area contributed by atoms with E-state index in [9.17, 15) is 0 Å². The van der Waals surface area contributed by atoms with E-state index in [1.165, 1.54) is 44.1 Å². The molecule has 0 nitrogen and oxygen atoms in total. The first kappa shape index (κ1) is 22.6. The quantitative estimate of drug-likeness (QED) is 0.455. The van der Waals surface area contributed by atoms with Crippen molar-refractivity contribution in [3.05, 3.63) is 119 Å². The fourth-order valence-corrected chi connectivity index (χ4v) is 4.58. The van der Waals surface area contributed by atoms with E-state index in [0.29, 0.717) is 0 Å². The fraction of sp³-hybridized carbons (Fsp3) is 0.143. The van der Waals surface area contributed by atoms with Crippen LogP contribution in [0.1, 0.15) is 22.3 Å². The summed E-state index contributed by atoms with van der Waals surface area (Å²) in [6, 6.07) is 36.4. The monoisotopic (exact) mass is 398 g/mol. The van der Waals surface area contributed by atoms with Gasteiger partial charge in [-0.1, -0.05) is 119 Å². The Balaban J connectivity index is 0.00000256. The van der Waals surface area contributed by atoms with Crippen molar-refractivity contribution < 1.29 is 29.6 Å².